The van der Waals surface area contributed by atoms with E-state index in [2.05, 4.69) is 10.6 Å². The van der Waals surface area contributed by atoms with Gasteiger partial charge in [0.05, 0.1) is 10.9 Å². The van der Waals surface area contributed by atoms with Gasteiger partial charge in [-0.15, -0.1) is 0 Å². The van der Waals surface area contributed by atoms with Crippen LogP contribution in [0.1, 0.15) is 24.5 Å². The van der Waals surface area contributed by atoms with E-state index in [4.69, 9.17) is 9.47 Å². The van der Waals surface area contributed by atoms with Crippen LogP contribution in [-0.2, 0) is 35.6 Å². The molecule has 5 rings (SSSR count). The highest BCUT2D eigenvalue weighted by atomic mass is 16.7. The van der Waals surface area contributed by atoms with E-state index in [0.717, 1.165) is 22.1 Å². The van der Waals surface area contributed by atoms with Gasteiger partial charge in [0.15, 0.2) is 11.5 Å². The first-order chi connectivity index (χ1) is 18.9. The van der Waals surface area contributed by atoms with Crippen LogP contribution >= 0.6 is 0 Å². The SMILES string of the molecule is CCc1ccc(NC(=O)Cn2c(=O)n(CCC(=O)NCc3ccc4c(c3)OCO4)c(=O)c3ccccc32)cc1. The fraction of sp³-hybridized carbons (Fsp3) is 0.241. The van der Waals surface area contributed by atoms with Crippen LogP contribution in [0.25, 0.3) is 10.9 Å². The lowest BCUT2D eigenvalue weighted by molar-refractivity contribution is -0.121. The van der Waals surface area contributed by atoms with E-state index in [1.807, 2.05) is 25.1 Å². The molecule has 10 nitrogen and oxygen atoms in total. The van der Waals surface area contributed by atoms with Gasteiger partial charge in [-0.25, -0.2) is 4.79 Å². The van der Waals surface area contributed by atoms with E-state index in [0.29, 0.717) is 22.7 Å². The summed E-state index contributed by atoms with van der Waals surface area (Å²) in [7, 11) is 0. The fourth-order valence-corrected chi connectivity index (χ4v) is 4.44. The Morgan fingerprint density at radius 3 is 2.41 bits per heavy atom. The van der Waals surface area contributed by atoms with Gasteiger partial charge < -0.3 is 20.1 Å². The molecule has 200 valence electrons. The molecule has 1 aromatic heterocycles. The number of ether oxygens (including phenoxy) is 2. The summed E-state index contributed by atoms with van der Waals surface area (Å²) in [4.78, 5) is 51.9. The average molecular weight is 529 g/mol. The zero-order valence-corrected chi connectivity index (χ0v) is 21.4. The van der Waals surface area contributed by atoms with E-state index in [9.17, 15) is 19.2 Å². The summed E-state index contributed by atoms with van der Waals surface area (Å²) in [5, 5.41) is 5.88. The number of nitrogens with zero attached hydrogens (tertiary/aromatic N) is 2. The molecule has 3 aromatic carbocycles. The number of amides is 2. The number of para-hydroxylation sites is 1. The molecule has 1 aliphatic rings. The molecule has 10 heteroatoms. The molecule has 0 radical (unpaired) electrons. The number of hydrogen-bond acceptors (Lipinski definition) is 6. The van der Waals surface area contributed by atoms with E-state index < -0.39 is 17.2 Å². The minimum Gasteiger partial charge on any atom is -0.454 e. The first-order valence-electron chi connectivity index (χ1n) is 12.7. The zero-order valence-electron chi connectivity index (χ0n) is 21.4. The largest absolute Gasteiger partial charge is 0.454 e. The molecule has 39 heavy (non-hydrogen) atoms. The number of carbonyl (C=O) groups excluding carboxylic acids is 2. The van der Waals surface area contributed by atoms with Crippen LogP contribution in [-0.4, -0.2) is 27.7 Å². The number of carbonyl (C=O) groups is 2. The molecule has 2 N–H and O–H groups in total. The summed E-state index contributed by atoms with van der Waals surface area (Å²) in [6.07, 6.45) is 0.793. The number of anilines is 1. The molecule has 0 unspecified atom stereocenters. The molecule has 0 bridgehead atoms. The first kappa shape index (κ1) is 25.8. The third kappa shape index (κ3) is 5.69. The predicted octanol–water partition coefficient (Wildman–Crippen LogP) is 2.80. The third-order valence-electron chi connectivity index (χ3n) is 6.57. The highest BCUT2D eigenvalue weighted by molar-refractivity contribution is 5.91. The highest BCUT2D eigenvalue weighted by Gasteiger charge is 2.17. The van der Waals surface area contributed by atoms with Crippen molar-refractivity contribution in [1.29, 1.82) is 0 Å². The van der Waals surface area contributed by atoms with Crippen molar-refractivity contribution < 1.29 is 19.1 Å². The Labute approximate surface area is 223 Å². The lowest BCUT2D eigenvalue weighted by Crippen LogP contribution is -2.42. The number of nitrogens with one attached hydrogen (secondary N) is 2. The Kier molecular flexibility index (Phi) is 7.44. The van der Waals surface area contributed by atoms with E-state index in [-0.39, 0.29) is 44.1 Å². The monoisotopic (exact) mass is 528 g/mol. The van der Waals surface area contributed by atoms with Gasteiger partial charge in [0, 0.05) is 25.2 Å². The Balaban J connectivity index is 1.30. The topological polar surface area (TPSA) is 121 Å². The van der Waals surface area contributed by atoms with Crippen LogP contribution in [0.5, 0.6) is 11.5 Å². The Hall–Kier alpha value is -4.86. The predicted molar refractivity (Wildman–Crippen MR) is 146 cm³/mol. The molecule has 1 aliphatic heterocycles. The standard InChI is InChI=1S/C29H28N4O6/c1-2-19-7-10-21(11-8-19)31-27(35)17-33-23-6-4-3-5-22(23)28(36)32(29(33)37)14-13-26(34)30-16-20-9-12-24-25(15-20)39-18-38-24/h3-12,15H,2,13-14,16-18H2,1H3,(H,30,34)(H,31,35). The molecular weight excluding hydrogens is 500 g/mol. The van der Waals surface area contributed by atoms with Gasteiger partial charge in [-0.05, 0) is 53.9 Å². The van der Waals surface area contributed by atoms with Gasteiger partial charge in [0.1, 0.15) is 6.54 Å². The number of aryl methyl sites for hydroxylation is 1. The summed E-state index contributed by atoms with van der Waals surface area (Å²) >= 11 is 0. The van der Waals surface area contributed by atoms with Gasteiger partial charge >= 0.3 is 5.69 Å². The number of fused-ring (bicyclic) bond motifs is 2. The second-order valence-corrected chi connectivity index (χ2v) is 9.16. The van der Waals surface area contributed by atoms with Crippen molar-refractivity contribution in [1.82, 2.24) is 14.5 Å². The van der Waals surface area contributed by atoms with Crippen LogP contribution < -0.4 is 31.4 Å². The summed E-state index contributed by atoms with van der Waals surface area (Å²) in [5.41, 5.74) is 1.77. The van der Waals surface area contributed by atoms with Crippen molar-refractivity contribution in [2.45, 2.75) is 39.4 Å². The van der Waals surface area contributed by atoms with Gasteiger partial charge in [0.25, 0.3) is 5.56 Å². The highest BCUT2D eigenvalue weighted by Crippen LogP contribution is 2.32. The van der Waals surface area contributed by atoms with Gasteiger partial charge in [-0.1, -0.05) is 37.3 Å². The molecule has 4 aromatic rings. The van der Waals surface area contributed by atoms with E-state index in [1.54, 1.807) is 48.5 Å². The lowest BCUT2D eigenvalue weighted by atomic mass is 10.1. The van der Waals surface area contributed by atoms with Crippen LogP contribution in [0.15, 0.2) is 76.3 Å². The first-order valence-corrected chi connectivity index (χ1v) is 12.7. The van der Waals surface area contributed by atoms with Crippen molar-refractivity contribution in [2.75, 3.05) is 12.1 Å². The van der Waals surface area contributed by atoms with Crippen LogP contribution in [0.3, 0.4) is 0 Å². The lowest BCUT2D eigenvalue weighted by Gasteiger charge is -2.14. The van der Waals surface area contributed by atoms with Gasteiger partial charge in [-0.3, -0.25) is 23.5 Å². The van der Waals surface area contributed by atoms with Gasteiger partial charge in [-0.2, -0.15) is 0 Å². The molecule has 0 spiro atoms. The minimum atomic E-state index is -0.654. The molecule has 0 saturated carbocycles. The molecule has 0 fully saturated rings. The van der Waals surface area contributed by atoms with Crippen LogP contribution in [0.4, 0.5) is 5.69 Å². The van der Waals surface area contributed by atoms with Gasteiger partial charge in [0.2, 0.25) is 18.6 Å². The maximum absolute atomic E-state index is 13.4. The van der Waals surface area contributed by atoms with E-state index >= 15 is 0 Å². The quantitative estimate of drug-likeness (QED) is 0.345. The molecule has 0 atom stereocenters. The third-order valence-corrected chi connectivity index (χ3v) is 6.57. The number of aromatic nitrogens is 2. The smallest absolute Gasteiger partial charge is 0.331 e. The summed E-state index contributed by atoms with van der Waals surface area (Å²) in [5.74, 6) is 0.539. The van der Waals surface area contributed by atoms with Crippen molar-refractivity contribution in [3.63, 3.8) is 0 Å². The summed E-state index contributed by atoms with van der Waals surface area (Å²) in [6.45, 7) is 2.05. The molecular formula is C29H28N4O6. The number of rotatable bonds is 9. The minimum absolute atomic E-state index is 0.0893. The Morgan fingerprint density at radius 2 is 1.62 bits per heavy atom. The second-order valence-electron chi connectivity index (χ2n) is 9.16. The van der Waals surface area contributed by atoms with Crippen molar-refractivity contribution in [2.24, 2.45) is 0 Å². The van der Waals surface area contributed by atoms with Crippen molar-refractivity contribution >= 4 is 28.4 Å². The summed E-state index contributed by atoms with van der Waals surface area (Å²) < 4.78 is 12.9. The molecule has 2 heterocycles. The second kappa shape index (κ2) is 11.3. The molecule has 0 saturated heterocycles. The number of benzene rings is 3. The van der Waals surface area contributed by atoms with E-state index in [1.165, 1.54) is 4.57 Å². The molecule has 0 aliphatic carbocycles. The van der Waals surface area contributed by atoms with Crippen LogP contribution in [0, 0.1) is 0 Å². The molecule has 2 amide bonds. The van der Waals surface area contributed by atoms with Crippen LogP contribution in [0.2, 0.25) is 0 Å². The average Bonchev–Trinajstić information content (AvgIpc) is 3.42. The Bertz CT molecular complexity index is 1660. The Morgan fingerprint density at radius 1 is 0.872 bits per heavy atom. The zero-order chi connectivity index (χ0) is 27.4. The maximum atomic E-state index is 13.4. The maximum Gasteiger partial charge on any atom is 0.331 e. The summed E-state index contributed by atoms with van der Waals surface area (Å²) in [6, 6.07) is 19.5. The van der Waals surface area contributed by atoms with Crippen molar-refractivity contribution in [3.05, 3.63) is 98.7 Å². The fourth-order valence-electron chi connectivity index (χ4n) is 4.44. The van der Waals surface area contributed by atoms with Crippen molar-refractivity contribution in [3.8, 4) is 11.5 Å². The normalized spacial score (nSPS) is 11.9. The number of hydrogen-bond donors (Lipinski definition) is 2.